The molecule has 0 spiro atoms. The predicted octanol–water partition coefficient (Wildman–Crippen LogP) is 3.01. The lowest BCUT2D eigenvalue weighted by Crippen LogP contribution is -2.36. The molecule has 1 amide bonds. The number of carboxylic acids is 1. The van der Waals surface area contributed by atoms with Crippen molar-refractivity contribution < 1.29 is 19.1 Å². The molecule has 0 aromatic heterocycles. The maximum absolute atomic E-state index is 13.6. The third-order valence-corrected chi connectivity index (χ3v) is 6.16. The van der Waals surface area contributed by atoms with Crippen molar-refractivity contribution in [2.45, 2.75) is 25.3 Å². The highest BCUT2D eigenvalue weighted by molar-refractivity contribution is 6.30. The molecule has 5 unspecified atom stereocenters. The summed E-state index contributed by atoms with van der Waals surface area (Å²) in [5.74, 6) is -0.0104. The fraction of sp³-hybridized carbons (Fsp3) is 0.529. The Hall–Kier alpha value is -1.62. The molecule has 1 aromatic carbocycles. The summed E-state index contributed by atoms with van der Waals surface area (Å²) in [5, 5.41) is 11.9. The van der Waals surface area contributed by atoms with E-state index in [1.54, 1.807) is 0 Å². The van der Waals surface area contributed by atoms with Crippen molar-refractivity contribution in [1.29, 1.82) is 0 Å². The van der Waals surface area contributed by atoms with E-state index in [1.165, 1.54) is 31.4 Å². The first-order valence-corrected chi connectivity index (χ1v) is 8.33. The minimum atomic E-state index is -1.24. The van der Waals surface area contributed by atoms with Crippen LogP contribution in [0.15, 0.2) is 18.2 Å². The monoisotopic (exact) mass is 337 g/mol. The summed E-state index contributed by atoms with van der Waals surface area (Å²) in [6.07, 6.45) is 3.62. The summed E-state index contributed by atoms with van der Waals surface area (Å²) in [6, 6.07) is 2.56. The summed E-state index contributed by atoms with van der Waals surface area (Å²) in [5.41, 5.74) is 0.196. The maximum atomic E-state index is 13.6. The van der Waals surface area contributed by atoms with Gasteiger partial charge in [-0.2, -0.15) is 0 Å². The molecule has 3 aliphatic carbocycles. The van der Waals surface area contributed by atoms with Gasteiger partial charge in [0.1, 0.15) is 5.82 Å². The Morgan fingerprint density at radius 2 is 1.91 bits per heavy atom. The zero-order valence-electron chi connectivity index (χ0n) is 12.3. The molecule has 23 heavy (non-hydrogen) atoms. The number of halogens is 2. The average molecular weight is 338 g/mol. The van der Waals surface area contributed by atoms with Crippen molar-refractivity contribution in [2.75, 3.05) is 0 Å². The SMILES string of the molecule is O=C(O)C(NC(=O)C1C2C3CCC(C3)C12)c1ccc(Cl)c(F)c1. The van der Waals surface area contributed by atoms with Gasteiger partial charge in [-0.05, 0) is 60.6 Å². The number of rotatable bonds is 4. The van der Waals surface area contributed by atoms with E-state index in [2.05, 4.69) is 5.32 Å². The van der Waals surface area contributed by atoms with Crippen LogP contribution in [0.2, 0.25) is 5.02 Å². The molecule has 4 nitrogen and oxygen atoms in total. The maximum Gasteiger partial charge on any atom is 0.330 e. The zero-order valence-corrected chi connectivity index (χ0v) is 13.1. The first-order valence-electron chi connectivity index (χ1n) is 7.95. The lowest BCUT2D eigenvalue weighted by Gasteiger charge is -2.17. The Morgan fingerprint density at radius 1 is 1.26 bits per heavy atom. The third kappa shape index (κ3) is 2.33. The second-order valence-electron chi connectivity index (χ2n) is 6.97. The van der Waals surface area contributed by atoms with Crippen molar-refractivity contribution >= 4 is 23.5 Å². The molecule has 0 heterocycles. The number of carbonyl (C=O) groups is 2. The molecule has 1 aromatic rings. The van der Waals surface area contributed by atoms with Crippen LogP contribution in [-0.2, 0) is 9.59 Å². The number of aliphatic carboxylic acids is 1. The number of fused-ring (bicyclic) bond motifs is 5. The lowest BCUT2D eigenvalue weighted by molar-refractivity contribution is -0.142. The zero-order chi connectivity index (χ0) is 16.3. The van der Waals surface area contributed by atoms with Crippen LogP contribution in [0.25, 0.3) is 0 Å². The summed E-state index contributed by atoms with van der Waals surface area (Å²) < 4.78 is 13.6. The van der Waals surface area contributed by atoms with Gasteiger partial charge in [-0.15, -0.1) is 0 Å². The van der Waals surface area contributed by atoms with E-state index >= 15 is 0 Å². The predicted molar refractivity (Wildman–Crippen MR) is 81.2 cm³/mol. The number of carbonyl (C=O) groups excluding carboxylic acids is 1. The van der Waals surface area contributed by atoms with Gasteiger partial charge in [-0.1, -0.05) is 17.7 Å². The van der Waals surface area contributed by atoms with Crippen LogP contribution in [0.3, 0.4) is 0 Å². The van der Waals surface area contributed by atoms with Crippen molar-refractivity contribution in [2.24, 2.45) is 29.6 Å². The fourth-order valence-corrected chi connectivity index (χ4v) is 5.01. The van der Waals surface area contributed by atoms with E-state index in [9.17, 15) is 19.1 Å². The van der Waals surface area contributed by atoms with Gasteiger partial charge in [-0.3, -0.25) is 4.79 Å². The van der Waals surface area contributed by atoms with Crippen molar-refractivity contribution in [1.82, 2.24) is 5.32 Å². The highest BCUT2D eigenvalue weighted by Gasteiger charge is 2.67. The molecule has 2 N–H and O–H groups in total. The van der Waals surface area contributed by atoms with Crippen LogP contribution in [0, 0.1) is 35.4 Å². The van der Waals surface area contributed by atoms with Gasteiger partial charge in [-0.25, -0.2) is 9.18 Å². The smallest absolute Gasteiger partial charge is 0.330 e. The molecular formula is C17H17ClFNO3. The largest absolute Gasteiger partial charge is 0.479 e. The van der Waals surface area contributed by atoms with Crippen molar-refractivity contribution in [3.8, 4) is 0 Å². The van der Waals surface area contributed by atoms with Gasteiger partial charge in [0, 0.05) is 5.92 Å². The Kier molecular flexibility index (Phi) is 3.38. The van der Waals surface area contributed by atoms with E-state index in [0.29, 0.717) is 23.7 Å². The number of carboxylic acid groups (broad SMARTS) is 1. The number of amides is 1. The van der Waals surface area contributed by atoms with Crippen molar-refractivity contribution in [3.63, 3.8) is 0 Å². The topological polar surface area (TPSA) is 66.4 Å². The second kappa shape index (κ2) is 5.20. The molecule has 3 aliphatic rings. The molecule has 0 radical (unpaired) electrons. The van der Waals surface area contributed by atoms with E-state index in [1.807, 2.05) is 0 Å². The Balaban J connectivity index is 1.50. The minimum absolute atomic E-state index is 0.0553. The average Bonchev–Trinajstić information content (AvgIpc) is 2.95. The molecular weight excluding hydrogens is 321 g/mol. The van der Waals surface area contributed by atoms with E-state index in [0.717, 1.165) is 6.07 Å². The fourth-order valence-electron chi connectivity index (χ4n) is 4.89. The second-order valence-corrected chi connectivity index (χ2v) is 7.37. The van der Waals surface area contributed by atoms with Gasteiger partial charge >= 0.3 is 5.97 Å². The van der Waals surface area contributed by atoms with Crippen LogP contribution >= 0.6 is 11.6 Å². The summed E-state index contributed by atoms with van der Waals surface area (Å²) in [7, 11) is 0. The van der Waals surface area contributed by atoms with E-state index in [-0.39, 0.29) is 22.4 Å². The third-order valence-electron chi connectivity index (χ3n) is 5.85. The van der Waals surface area contributed by atoms with Gasteiger partial charge in [0.15, 0.2) is 6.04 Å². The number of hydrogen-bond acceptors (Lipinski definition) is 2. The summed E-state index contributed by atoms with van der Waals surface area (Å²) >= 11 is 5.62. The number of benzene rings is 1. The minimum Gasteiger partial charge on any atom is -0.479 e. The first-order chi connectivity index (χ1) is 11.0. The normalized spacial score (nSPS) is 34.8. The Bertz CT molecular complexity index is 678. The van der Waals surface area contributed by atoms with Gasteiger partial charge in [0.25, 0.3) is 0 Å². The van der Waals surface area contributed by atoms with Crippen LogP contribution in [0.5, 0.6) is 0 Å². The number of nitrogens with one attached hydrogen (secondary N) is 1. The van der Waals surface area contributed by atoms with E-state index in [4.69, 9.17) is 11.6 Å². The molecule has 3 saturated carbocycles. The number of hydrogen-bond donors (Lipinski definition) is 2. The molecule has 122 valence electrons. The van der Waals surface area contributed by atoms with Crippen molar-refractivity contribution in [3.05, 3.63) is 34.6 Å². The Morgan fingerprint density at radius 3 is 2.48 bits per heavy atom. The van der Waals surface area contributed by atoms with Gasteiger partial charge < -0.3 is 10.4 Å². The molecule has 0 saturated heterocycles. The molecule has 4 rings (SSSR count). The van der Waals surface area contributed by atoms with Crippen LogP contribution in [0.1, 0.15) is 30.9 Å². The van der Waals surface area contributed by atoms with E-state index < -0.39 is 17.8 Å². The van der Waals surface area contributed by atoms with Gasteiger partial charge in [0.05, 0.1) is 5.02 Å². The molecule has 6 heteroatoms. The molecule has 2 bridgehead atoms. The molecule has 0 aliphatic heterocycles. The van der Waals surface area contributed by atoms with Crippen LogP contribution < -0.4 is 5.32 Å². The summed E-state index contributed by atoms with van der Waals surface area (Å²) in [4.78, 5) is 24.0. The van der Waals surface area contributed by atoms with Crippen LogP contribution in [0.4, 0.5) is 4.39 Å². The quantitative estimate of drug-likeness (QED) is 0.887. The van der Waals surface area contributed by atoms with Gasteiger partial charge in [0.2, 0.25) is 5.91 Å². The highest BCUT2D eigenvalue weighted by atomic mass is 35.5. The standard InChI is InChI=1S/C17H17ClFNO3/c18-10-4-3-9(6-11(10)19)15(17(22)23)20-16(21)14-12-7-1-2-8(5-7)13(12)14/h3-4,6-8,12-15H,1-2,5H2,(H,20,21)(H,22,23). The molecule has 3 fully saturated rings. The highest BCUT2D eigenvalue weighted by Crippen LogP contribution is 2.69. The lowest BCUT2D eigenvalue weighted by atomic mass is 10.0. The molecule has 5 atom stereocenters. The van der Waals surface area contributed by atoms with Crippen LogP contribution in [-0.4, -0.2) is 17.0 Å². The first kappa shape index (κ1) is 14.9. The summed E-state index contributed by atoms with van der Waals surface area (Å²) in [6.45, 7) is 0. The Labute approximate surface area is 138 Å².